The lowest BCUT2D eigenvalue weighted by molar-refractivity contribution is 0.0972. The molecule has 1 aromatic heterocycles. The fraction of sp³-hybridized carbons (Fsp3) is 0. The third-order valence-corrected chi connectivity index (χ3v) is 1.24. The second-order valence-corrected chi connectivity index (χ2v) is 2.47. The van der Waals surface area contributed by atoms with Gasteiger partial charge in [0.2, 0.25) is 0 Å². The monoisotopic (exact) mass is 181 g/mol. The van der Waals surface area contributed by atoms with Gasteiger partial charge in [-0.2, -0.15) is 0 Å². The molecule has 0 spiro atoms. The lowest BCUT2D eigenvalue weighted by Gasteiger charge is -1.99. The van der Waals surface area contributed by atoms with E-state index in [1.807, 2.05) is 0 Å². The zero-order valence-corrected chi connectivity index (χ0v) is 6.97. The van der Waals surface area contributed by atoms with Crippen molar-refractivity contribution in [3.05, 3.63) is 30.1 Å². The number of aromatic nitrogens is 1. The number of nitrogens with zero attached hydrogens (tertiary/aromatic N) is 1. The molecule has 0 aliphatic heterocycles. The molecule has 4 nitrogen and oxygen atoms in total. The Bertz CT molecular complexity index is 299. The molecule has 0 aliphatic carbocycles. The van der Waals surface area contributed by atoms with Crippen LogP contribution in [0.25, 0.3) is 0 Å². The van der Waals surface area contributed by atoms with E-state index in [2.05, 4.69) is 22.5 Å². The minimum atomic E-state index is -0.386. The Morgan fingerprint density at radius 1 is 1.58 bits per heavy atom. The quantitative estimate of drug-likeness (QED) is 0.601. The summed E-state index contributed by atoms with van der Waals surface area (Å²) >= 11 is 4.49. The number of pyridine rings is 1. The normalized spacial score (nSPS) is 9.00. The summed E-state index contributed by atoms with van der Waals surface area (Å²) in [6.07, 6.45) is 1.52. The number of rotatable bonds is 1. The van der Waals surface area contributed by atoms with E-state index in [9.17, 15) is 4.79 Å². The van der Waals surface area contributed by atoms with E-state index in [1.54, 1.807) is 18.2 Å². The van der Waals surface area contributed by atoms with E-state index in [-0.39, 0.29) is 11.0 Å². The summed E-state index contributed by atoms with van der Waals surface area (Å²) in [7, 11) is 0. The van der Waals surface area contributed by atoms with Gasteiger partial charge in [0.15, 0.2) is 5.11 Å². The minimum Gasteiger partial charge on any atom is -0.376 e. The molecule has 0 saturated carbocycles. The summed E-state index contributed by atoms with van der Waals surface area (Å²) in [4.78, 5) is 14.9. The van der Waals surface area contributed by atoms with E-state index in [4.69, 9.17) is 5.73 Å². The van der Waals surface area contributed by atoms with Gasteiger partial charge in [0.1, 0.15) is 5.69 Å². The van der Waals surface area contributed by atoms with Crippen LogP contribution in [0.5, 0.6) is 0 Å². The molecule has 0 aromatic carbocycles. The van der Waals surface area contributed by atoms with Gasteiger partial charge in [-0.15, -0.1) is 0 Å². The summed E-state index contributed by atoms with van der Waals surface area (Å²) in [5.41, 5.74) is 5.40. The van der Waals surface area contributed by atoms with Crippen molar-refractivity contribution in [1.29, 1.82) is 0 Å². The highest BCUT2D eigenvalue weighted by Crippen LogP contribution is 1.91. The van der Waals surface area contributed by atoms with Crippen LogP contribution in [0, 0.1) is 0 Å². The molecule has 0 radical (unpaired) electrons. The van der Waals surface area contributed by atoms with Gasteiger partial charge >= 0.3 is 0 Å². The van der Waals surface area contributed by atoms with Gasteiger partial charge in [0.05, 0.1) is 0 Å². The van der Waals surface area contributed by atoms with Crippen LogP contribution in [0.4, 0.5) is 0 Å². The fourth-order valence-electron chi connectivity index (χ4n) is 0.673. The van der Waals surface area contributed by atoms with Crippen molar-refractivity contribution in [3.8, 4) is 0 Å². The van der Waals surface area contributed by atoms with Crippen molar-refractivity contribution >= 4 is 23.2 Å². The molecule has 0 atom stereocenters. The van der Waals surface area contributed by atoms with Crippen LogP contribution < -0.4 is 11.1 Å². The van der Waals surface area contributed by atoms with Crippen molar-refractivity contribution in [2.24, 2.45) is 5.73 Å². The van der Waals surface area contributed by atoms with Crippen molar-refractivity contribution < 1.29 is 4.79 Å². The third kappa shape index (κ3) is 2.28. The first kappa shape index (κ1) is 8.61. The minimum absolute atomic E-state index is 0.0503. The fourth-order valence-corrected chi connectivity index (χ4v) is 0.766. The number of nitrogens with two attached hydrogens (primary N) is 1. The lowest BCUT2D eigenvalue weighted by atomic mass is 10.3. The first-order chi connectivity index (χ1) is 5.70. The van der Waals surface area contributed by atoms with Crippen molar-refractivity contribution in [1.82, 2.24) is 10.3 Å². The molecular formula is C7H7N3OS. The van der Waals surface area contributed by atoms with Gasteiger partial charge in [0, 0.05) is 6.20 Å². The molecule has 0 bridgehead atoms. The molecule has 1 rings (SSSR count). The second-order valence-electron chi connectivity index (χ2n) is 2.03. The van der Waals surface area contributed by atoms with Gasteiger partial charge in [-0.3, -0.25) is 15.1 Å². The summed E-state index contributed by atoms with van der Waals surface area (Å²) in [6, 6.07) is 5.01. The average Bonchev–Trinajstić information content (AvgIpc) is 2.05. The van der Waals surface area contributed by atoms with E-state index < -0.39 is 0 Å². The van der Waals surface area contributed by atoms with Crippen LogP contribution in [0.15, 0.2) is 24.4 Å². The van der Waals surface area contributed by atoms with Crippen molar-refractivity contribution in [2.45, 2.75) is 0 Å². The molecule has 1 aromatic rings. The average molecular weight is 181 g/mol. The van der Waals surface area contributed by atoms with Gasteiger partial charge in [-0.25, -0.2) is 0 Å². The summed E-state index contributed by atoms with van der Waals surface area (Å²) in [5.74, 6) is -0.386. The molecule has 62 valence electrons. The van der Waals surface area contributed by atoms with E-state index >= 15 is 0 Å². The van der Waals surface area contributed by atoms with Crippen molar-refractivity contribution in [2.75, 3.05) is 0 Å². The van der Waals surface area contributed by atoms with Gasteiger partial charge in [0.25, 0.3) is 5.91 Å². The molecule has 1 heterocycles. The van der Waals surface area contributed by atoms with Crippen LogP contribution >= 0.6 is 12.2 Å². The predicted octanol–water partition coefficient (Wildman–Crippen LogP) is 0.0550. The van der Waals surface area contributed by atoms with Crippen LogP contribution in [0.3, 0.4) is 0 Å². The van der Waals surface area contributed by atoms with E-state index in [0.29, 0.717) is 5.69 Å². The topological polar surface area (TPSA) is 68.0 Å². The Hall–Kier alpha value is -1.49. The highest BCUT2D eigenvalue weighted by Gasteiger charge is 2.04. The number of hydrogen-bond donors (Lipinski definition) is 2. The zero-order chi connectivity index (χ0) is 8.97. The number of hydrogen-bond acceptors (Lipinski definition) is 3. The summed E-state index contributed by atoms with van der Waals surface area (Å²) in [6.45, 7) is 0. The maximum Gasteiger partial charge on any atom is 0.275 e. The molecule has 0 aliphatic rings. The van der Waals surface area contributed by atoms with Gasteiger partial charge < -0.3 is 5.73 Å². The third-order valence-electron chi connectivity index (χ3n) is 1.13. The first-order valence-electron chi connectivity index (χ1n) is 3.22. The van der Waals surface area contributed by atoms with E-state index in [0.717, 1.165) is 0 Å². The summed E-state index contributed by atoms with van der Waals surface area (Å²) in [5, 5.41) is 2.22. The molecule has 0 fully saturated rings. The predicted molar refractivity (Wildman–Crippen MR) is 48.5 cm³/mol. The van der Waals surface area contributed by atoms with Gasteiger partial charge in [-0.05, 0) is 24.4 Å². The Balaban J connectivity index is 2.73. The number of carbonyl (C=O) groups excluding carboxylic acids is 1. The van der Waals surface area contributed by atoms with Gasteiger partial charge in [-0.1, -0.05) is 6.07 Å². The Labute approximate surface area is 74.8 Å². The van der Waals surface area contributed by atoms with Crippen LogP contribution in [-0.4, -0.2) is 16.0 Å². The van der Waals surface area contributed by atoms with Crippen molar-refractivity contribution in [3.63, 3.8) is 0 Å². The maximum absolute atomic E-state index is 11.1. The molecule has 0 unspecified atom stereocenters. The van der Waals surface area contributed by atoms with E-state index in [1.165, 1.54) is 6.20 Å². The standard InChI is InChI=1S/C7H7N3OS/c8-7(12)10-6(11)5-3-1-2-4-9-5/h1-4H,(H3,8,10,11,12). The molecule has 1 amide bonds. The molecule has 5 heteroatoms. The molecule has 3 N–H and O–H groups in total. The van der Waals surface area contributed by atoms with Crippen LogP contribution in [0.2, 0.25) is 0 Å². The number of nitrogens with one attached hydrogen (secondary N) is 1. The highest BCUT2D eigenvalue weighted by molar-refractivity contribution is 7.80. The molecule has 12 heavy (non-hydrogen) atoms. The number of carbonyl (C=O) groups is 1. The first-order valence-corrected chi connectivity index (χ1v) is 3.63. The lowest BCUT2D eigenvalue weighted by Crippen LogP contribution is -2.35. The second kappa shape index (κ2) is 3.77. The molecule has 0 saturated heterocycles. The highest BCUT2D eigenvalue weighted by atomic mass is 32.1. The number of thiocarbonyl (C=S) groups is 1. The largest absolute Gasteiger partial charge is 0.376 e. The Morgan fingerprint density at radius 3 is 2.83 bits per heavy atom. The Morgan fingerprint density at radius 2 is 2.33 bits per heavy atom. The summed E-state index contributed by atoms with van der Waals surface area (Å²) < 4.78 is 0. The SMILES string of the molecule is NC(=S)NC(=O)c1ccccn1. The smallest absolute Gasteiger partial charge is 0.275 e. The van der Waals surface area contributed by atoms with Crippen LogP contribution in [0.1, 0.15) is 10.5 Å². The zero-order valence-electron chi connectivity index (χ0n) is 6.15. The molecular weight excluding hydrogens is 174 g/mol. The maximum atomic E-state index is 11.1. The van der Waals surface area contributed by atoms with Crippen LogP contribution in [-0.2, 0) is 0 Å². The Kier molecular flexibility index (Phi) is 2.71. The number of amides is 1.